The van der Waals surface area contributed by atoms with E-state index in [1.807, 2.05) is 0 Å². The number of hydrogen-bond donors (Lipinski definition) is 1. The fourth-order valence-electron chi connectivity index (χ4n) is 2.24. The molecule has 114 valence electrons. The van der Waals surface area contributed by atoms with E-state index in [-0.39, 0.29) is 0 Å². The van der Waals surface area contributed by atoms with Crippen LogP contribution < -0.4 is 5.32 Å². The first-order valence-electron chi connectivity index (χ1n) is 7.90. The second-order valence-electron chi connectivity index (χ2n) is 7.87. The monoisotopic (exact) mass is 299 g/mol. The first-order chi connectivity index (χ1) is 8.52. The lowest BCUT2D eigenvalue weighted by molar-refractivity contribution is 0.552. The molecular formula is C16H37NSi2. The normalized spacial score (nSPS) is 16.1. The van der Waals surface area contributed by atoms with Crippen LogP contribution in [0.1, 0.15) is 54.9 Å². The van der Waals surface area contributed by atoms with E-state index in [2.05, 4.69) is 72.6 Å². The molecule has 0 aliphatic carbocycles. The zero-order valence-corrected chi connectivity index (χ0v) is 17.0. The average Bonchev–Trinajstić information content (AvgIpc) is 2.25. The lowest BCUT2D eigenvalue weighted by atomic mass is 10.2. The maximum absolute atomic E-state index is 3.69. The van der Waals surface area contributed by atoms with Crippen LogP contribution in [0.25, 0.3) is 0 Å². The molecule has 0 saturated heterocycles. The third-order valence-electron chi connectivity index (χ3n) is 4.96. The van der Waals surface area contributed by atoms with Gasteiger partial charge in [-0.3, -0.25) is 0 Å². The summed E-state index contributed by atoms with van der Waals surface area (Å²) in [6.45, 7) is 22.9. The molecule has 0 rings (SSSR count). The SMILES string of the molecule is CCC(C)NCC[SiH](C=C(C)C)[Si](C)(C)C(C)(C)C. The van der Waals surface area contributed by atoms with Crippen LogP contribution in [0.4, 0.5) is 0 Å². The molecule has 0 radical (unpaired) electrons. The summed E-state index contributed by atoms with van der Waals surface area (Å²) >= 11 is 0. The molecule has 0 aliphatic heterocycles. The molecule has 2 atom stereocenters. The number of allylic oxidation sites excluding steroid dienone is 1. The zero-order chi connectivity index (χ0) is 15.3. The van der Waals surface area contributed by atoms with E-state index in [0.29, 0.717) is 11.1 Å². The zero-order valence-electron chi connectivity index (χ0n) is 14.9. The van der Waals surface area contributed by atoms with E-state index < -0.39 is 15.9 Å². The van der Waals surface area contributed by atoms with Crippen molar-refractivity contribution in [2.24, 2.45) is 0 Å². The molecule has 0 bridgehead atoms. The van der Waals surface area contributed by atoms with Crippen molar-refractivity contribution in [1.82, 2.24) is 5.32 Å². The maximum Gasteiger partial charge on any atom is 0.0572 e. The van der Waals surface area contributed by atoms with Crippen molar-refractivity contribution in [3.05, 3.63) is 11.3 Å². The maximum atomic E-state index is 3.69. The molecule has 0 fully saturated rings. The van der Waals surface area contributed by atoms with Gasteiger partial charge in [-0.25, -0.2) is 0 Å². The second kappa shape index (κ2) is 7.79. The predicted molar refractivity (Wildman–Crippen MR) is 96.3 cm³/mol. The molecule has 2 unspecified atom stereocenters. The van der Waals surface area contributed by atoms with Gasteiger partial charge < -0.3 is 5.32 Å². The smallest absolute Gasteiger partial charge is 0.0572 e. The Kier molecular flexibility index (Phi) is 7.85. The quantitative estimate of drug-likeness (QED) is 0.672. The minimum absolute atomic E-state index is 0.520. The van der Waals surface area contributed by atoms with Gasteiger partial charge in [0.1, 0.15) is 0 Å². The molecule has 0 amide bonds. The lowest BCUT2D eigenvalue weighted by Gasteiger charge is -2.42. The van der Waals surface area contributed by atoms with Gasteiger partial charge in [-0.05, 0) is 44.8 Å². The predicted octanol–water partition coefficient (Wildman–Crippen LogP) is 4.69. The highest BCUT2D eigenvalue weighted by molar-refractivity contribution is 7.35. The van der Waals surface area contributed by atoms with Crippen LogP contribution in [-0.2, 0) is 0 Å². The average molecular weight is 300 g/mol. The highest BCUT2D eigenvalue weighted by atomic mass is 29.2. The molecule has 1 N–H and O–H groups in total. The molecule has 0 aromatic heterocycles. The van der Waals surface area contributed by atoms with Crippen LogP contribution in [0.5, 0.6) is 0 Å². The summed E-state index contributed by atoms with van der Waals surface area (Å²) < 4.78 is 0. The number of hydrogen-bond acceptors (Lipinski definition) is 1. The Labute approximate surface area is 124 Å². The first-order valence-corrected chi connectivity index (χ1v) is 14.2. The molecule has 0 saturated carbocycles. The summed E-state index contributed by atoms with van der Waals surface area (Å²) in [4.78, 5) is 0. The fraction of sp³-hybridized carbons (Fsp3) is 0.875. The van der Waals surface area contributed by atoms with Gasteiger partial charge in [0.25, 0.3) is 0 Å². The Morgan fingerprint density at radius 3 is 2.16 bits per heavy atom. The van der Waals surface area contributed by atoms with Crippen molar-refractivity contribution in [2.45, 2.75) is 85.1 Å². The summed E-state index contributed by atoms with van der Waals surface area (Å²) in [5.74, 6) is 0. The molecule has 0 aromatic carbocycles. The van der Waals surface area contributed by atoms with Gasteiger partial charge >= 0.3 is 0 Å². The van der Waals surface area contributed by atoms with Crippen LogP contribution in [0, 0.1) is 0 Å². The molecule has 1 nitrogen and oxygen atoms in total. The van der Waals surface area contributed by atoms with E-state index in [4.69, 9.17) is 0 Å². The van der Waals surface area contributed by atoms with E-state index in [0.717, 1.165) is 0 Å². The lowest BCUT2D eigenvalue weighted by Crippen LogP contribution is -2.53. The van der Waals surface area contributed by atoms with Crippen molar-refractivity contribution in [2.75, 3.05) is 6.54 Å². The summed E-state index contributed by atoms with van der Waals surface area (Å²) in [5.41, 5.74) is 4.21. The summed E-state index contributed by atoms with van der Waals surface area (Å²) in [7, 11) is -1.94. The van der Waals surface area contributed by atoms with Gasteiger partial charge in [-0.1, -0.05) is 46.4 Å². The molecule has 0 heterocycles. The van der Waals surface area contributed by atoms with Crippen LogP contribution in [0.15, 0.2) is 11.3 Å². The Balaban J connectivity index is 4.79. The molecule has 0 aromatic rings. The van der Waals surface area contributed by atoms with Crippen molar-refractivity contribution in [3.8, 4) is 0 Å². The standard InChI is InChI=1S/C16H37NSi2/c1-10-15(4)17-11-12-18(13-14(2)3)19(8,9)16(5,6)7/h13,15,17-18H,10-12H2,1-9H3. The van der Waals surface area contributed by atoms with E-state index in [1.165, 1.54) is 24.6 Å². The third kappa shape index (κ3) is 6.41. The minimum Gasteiger partial charge on any atom is -0.315 e. The third-order valence-corrected chi connectivity index (χ3v) is 22.2. The van der Waals surface area contributed by atoms with Gasteiger partial charge in [-0.2, -0.15) is 0 Å². The minimum atomic E-state index is -1.16. The van der Waals surface area contributed by atoms with Crippen LogP contribution in [-0.4, -0.2) is 28.5 Å². The first kappa shape index (κ1) is 19.1. The number of rotatable bonds is 7. The molecule has 0 aliphatic rings. The fourth-order valence-corrected chi connectivity index (χ4v) is 14.1. The van der Waals surface area contributed by atoms with Crippen molar-refractivity contribution < 1.29 is 0 Å². The van der Waals surface area contributed by atoms with E-state index in [9.17, 15) is 0 Å². The van der Waals surface area contributed by atoms with Gasteiger partial charge in [0, 0.05) is 13.6 Å². The molecule has 3 heteroatoms. The van der Waals surface area contributed by atoms with Gasteiger partial charge in [0.15, 0.2) is 0 Å². The summed E-state index contributed by atoms with van der Waals surface area (Å²) in [6.07, 6.45) is 1.23. The highest BCUT2D eigenvalue weighted by Crippen LogP contribution is 2.38. The van der Waals surface area contributed by atoms with E-state index >= 15 is 0 Å². The van der Waals surface area contributed by atoms with Crippen molar-refractivity contribution >= 4 is 15.9 Å². The van der Waals surface area contributed by atoms with Crippen LogP contribution >= 0.6 is 0 Å². The van der Waals surface area contributed by atoms with Crippen molar-refractivity contribution in [1.29, 1.82) is 0 Å². The van der Waals surface area contributed by atoms with Crippen molar-refractivity contribution in [3.63, 3.8) is 0 Å². The highest BCUT2D eigenvalue weighted by Gasteiger charge is 2.41. The Bertz CT molecular complexity index is 286. The summed E-state index contributed by atoms with van der Waals surface area (Å²) in [5, 5.41) is 4.21. The number of nitrogens with one attached hydrogen (secondary N) is 1. The Morgan fingerprint density at radius 1 is 1.26 bits per heavy atom. The summed E-state index contributed by atoms with van der Waals surface area (Å²) in [6, 6.07) is 2.09. The largest absolute Gasteiger partial charge is 0.315 e. The molecule has 0 spiro atoms. The topological polar surface area (TPSA) is 12.0 Å². The van der Waals surface area contributed by atoms with Gasteiger partial charge in [-0.15, -0.1) is 5.70 Å². The van der Waals surface area contributed by atoms with Gasteiger partial charge in [0.2, 0.25) is 0 Å². The van der Waals surface area contributed by atoms with E-state index in [1.54, 1.807) is 0 Å². The van der Waals surface area contributed by atoms with Gasteiger partial charge in [0.05, 0.1) is 8.31 Å². The van der Waals surface area contributed by atoms with Crippen LogP contribution in [0.2, 0.25) is 24.2 Å². The Morgan fingerprint density at radius 2 is 1.79 bits per heavy atom. The molecule has 19 heavy (non-hydrogen) atoms. The van der Waals surface area contributed by atoms with Crippen LogP contribution in [0.3, 0.4) is 0 Å². The Hall–Kier alpha value is 0.134. The molecular weight excluding hydrogens is 262 g/mol. The second-order valence-corrected chi connectivity index (χ2v) is 21.5.